The van der Waals surface area contributed by atoms with Gasteiger partial charge in [-0.15, -0.1) is 0 Å². The van der Waals surface area contributed by atoms with E-state index in [1.54, 1.807) is 0 Å². The molecule has 92 heavy (non-hydrogen) atoms. The van der Waals surface area contributed by atoms with E-state index in [1.807, 2.05) is 0 Å². The highest BCUT2D eigenvalue weighted by Crippen LogP contribution is 2.45. The van der Waals surface area contributed by atoms with Gasteiger partial charge >= 0.3 is 39.5 Å². The van der Waals surface area contributed by atoms with Gasteiger partial charge in [-0.2, -0.15) is 0 Å². The zero-order valence-corrected chi connectivity index (χ0v) is 61.8. The Morgan fingerprint density at radius 2 is 0.554 bits per heavy atom. The summed E-state index contributed by atoms with van der Waals surface area (Å²) in [5.41, 5.74) is 0. The maximum Gasteiger partial charge on any atom is 0.472 e. The van der Waals surface area contributed by atoms with Gasteiger partial charge in [0, 0.05) is 25.7 Å². The molecule has 6 atom stereocenters. The fourth-order valence-corrected chi connectivity index (χ4v) is 12.6. The molecule has 0 aliphatic carbocycles. The number of unbranched alkanes of at least 4 members (excludes halogenated alkanes) is 38. The van der Waals surface area contributed by atoms with Crippen LogP contribution >= 0.6 is 15.6 Å². The maximum atomic E-state index is 13.0. The van der Waals surface area contributed by atoms with Gasteiger partial charge in [-0.25, -0.2) is 9.13 Å². The van der Waals surface area contributed by atoms with E-state index in [4.69, 9.17) is 37.0 Å². The second-order valence-electron chi connectivity index (χ2n) is 27.5. The molecule has 0 aliphatic rings. The number of phosphoric ester groups is 2. The van der Waals surface area contributed by atoms with Crippen LogP contribution in [0.3, 0.4) is 0 Å². The number of rotatable bonds is 71. The average molecular weight is 1350 g/mol. The first-order valence-electron chi connectivity index (χ1n) is 37.9. The highest BCUT2D eigenvalue weighted by atomic mass is 31.2. The predicted molar refractivity (Wildman–Crippen MR) is 372 cm³/mol. The molecule has 19 heteroatoms. The first-order valence-corrected chi connectivity index (χ1v) is 40.9. The first kappa shape index (κ1) is 90.1. The van der Waals surface area contributed by atoms with E-state index in [0.29, 0.717) is 25.7 Å². The summed E-state index contributed by atoms with van der Waals surface area (Å²) in [6.07, 6.45) is 48.8. The lowest BCUT2D eigenvalue weighted by Gasteiger charge is -2.21. The fourth-order valence-electron chi connectivity index (χ4n) is 11.0. The van der Waals surface area contributed by atoms with Crippen LogP contribution in [-0.4, -0.2) is 96.7 Å². The third-order valence-corrected chi connectivity index (χ3v) is 19.1. The number of carbonyl (C=O) groups is 4. The minimum Gasteiger partial charge on any atom is -0.462 e. The number of aliphatic hydroxyl groups excluding tert-OH is 1. The van der Waals surface area contributed by atoms with Gasteiger partial charge in [-0.05, 0) is 43.4 Å². The molecule has 0 bridgehead atoms. The van der Waals surface area contributed by atoms with Crippen LogP contribution in [0.4, 0.5) is 0 Å². The molecule has 0 spiro atoms. The van der Waals surface area contributed by atoms with Crippen LogP contribution in [0.1, 0.15) is 370 Å². The lowest BCUT2D eigenvalue weighted by atomic mass is 9.99. The number of ether oxygens (including phenoxy) is 4. The van der Waals surface area contributed by atoms with Gasteiger partial charge < -0.3 is 33.8 Å². The van der Waals surface area contributed by atoms with Crippen molar-refractivity contribution in [1.82, 2.24) is 0 Å². The molecule has 0 aliphatic heterocycles. The van der Waals surface area contributed by atoms with Crippen molar-refractivity contribution in [2.24, 2.45) is 17.8 Å². The van der Waals surface area contributed by atoms with E-state index in [0.717, 1.165) is 120 Å². The van der Waals surface area contributed by atoms with Gasteiger partial charge in [-0.3, -0.25) is 37.3 Å². The van der Waals surface area contributed by atoms with E-state index in [9.17, 15) is 43.2 Å². The van der Waals surface area contributed by atoms with Crippen LogP contribution in [0.25, 0.3) is 0 Å². The Morgan fingerprint density at radius 1 is 0.315 bits per heavy atom. The second-order valence-corrected chi connectivity index (χ2v) is 30.4. The fraction of sp³-hybridized carbons (Fsp3) is 0.945. The summed E-state index contributed by atoms with van der Waals surface area (Å²) in [7, 11) is -9.90. The van der Waals surface area contributed by atoms with Crippen LogP contribution in [0.5, 0.6) is 0 Å². The van der Waals surface area contributed by atoms with Gasteiger partial charge in [0.2, 0.25) is 0 Å². The minimum absolute atomic E-state index is 0.104. The van der Waals surface area contributed by atoms with Crippen molar-refractivity contribution < 1.29 is 80.2 Å². The second kappa shape index (κ2) is 63.8. The molecule has 546 valence electrons. The van der Waals surface area contributed by atoms with Crippen LogP contribution < -0.4 is 0 Å². The summed E-state index contributed by atoms with van der Waals surface area (Å²) in [5.74, 6) is 0.205. The van der Waals surface area contributed by atoms with Crippen molar-refractivity contribution in [2.45, 2.75) is 388 Å². The lowest BCUT2D eigenvalue weighted by Crippen LogP contribution is -2.30. The topological polar surface area (TPSA) is 237 Å². The van der Waals surface area contributed by atoms with Crippen molar-refractivity contribution >= 4 is 39.5 Å². The summed E-state index contributed by atoms with van der Waals surface area (Å²) in [6, 6.07) is 0. The van der Waals surface area contributed by atoms with Crippen molar-refractivity contribution in [3.8, 4) is 0 Å². The molecule has 0 radical (unpaired) electrons. The summed E-state index contributed by atoms with van der Waals surface area (Å²) in [4.78, 5) is 72.5. The van der Waals surface area contributed by atoms with E-state index < -0.39 is 97.5 Å². The predicted octanol–water partition coefficient (Wildman–Crippen LogP) is 21.0. The Morgan fingerprint density at radius 3 is 0.826 bits per heavy atom. The Kier molecular flexibility index (Phi) is 62.4. The zero-order valence-electron chi connectivity index (χ0n) is 60.0. The standard InChI is InChI=1S/C73H142O17P2/c1-8-10-11-12-30-40-47-54-70(75)83-60-68(90-73(78)57-50-43-36-29-28-33-39-46-53-66(7)9-2)62-87-91(79,80)85-58-67(74)59-86-92(81,82)88-63-69(61-84-71(76)55-48-41-34-27-23-25-32-38-45-52-65(5)6)89-72(77)56-49-42-35-26-22-20-18-16-14-13-15-17-19-21-24-31-37-44-51-64(3)4/h64-69,74H,8-63H2,1-7H3,(H,79,80)(H,81,82)/t66?,67-,68+,69+/m0/s1. The molecule has 0 aromatic rings. The molecule has 17 nitrogen and oxygen atoms in total. The third kappa shape index (κ3) is 65.4. The largest absolute Gasteiger partial charge is 0.472 e. The SMILES string of the molecule is CCCCCCCCCC(=O)OC[C@H](COP(=O)(O)OC[C@H](O)COP(=O)(O)OC[C@@H](COC(=O)CCCCCCCCCCCC(C)C)OC(=O)CCCCCCCCCCCCCCCCCCCCC(C)C)OC(=O)CCCCCCCCCCC(C)CC. The van der Waals surface area contributed by atoms with Crippen molar-refractivity contribution in [3.63, 3.8) is 0 Å². The van der Waals surface area contributed by atoms with Gasteiger partial charge in [-0.1, -0.05) is 318 Å². The monoisotopic (exact) mass is 1350 g/mol. The van der Waals surface area contributed by atoms with Crippen LogP contribution in [0, 0.1) is 17.8 Å². The Hall–Kier alpha value is -1.94. The number of aliphatic hydroxyl groups is 1. The van der Waals surface area contributed by atoms with E-state index in [-0.39, 0.29) is 25.7 Å². The molecule has 0 amide bonds. The van der Waals surface area contributed by atoms with E-state index in [1.165, 1.54) is 167 Å². The summed E-state index contributed by atoms with van der Waals surface area (Å²) >= 11 is 0. The highest BCUT2D eigenvalue weighted by Gasteiger charge is 2.30. The molecule has 3 unspecified atom stereocenters. The summed E-state index contributed by atoms with van der Waals surface area (Å²) in [6.45, 7) is 11.8. The third-order valence-electron chi connectivity index (χ3n) is 17.2. The van der Waals surface area contributed by atoms with Crippen LogP contribution in [-0.2, 0) is 65.4 Å². The number of esters is 4. The van der Waals surface area contributed by atoms with Crippen LogP contribution in [0.2, 0.25) is 0 Å². The number of carbonyl (C=O) groups excluding carboxylic acids is 4. The zero-order chi connectivity index (χ0) is 68.0. The molecule has 0 saturated heterocycles. The molecular formula is C73H142O17P2. The van der Waals surface area contributed by atoms with Gasteiger partial charge in [0.25, 0.3) is 0 Å². The van der Waals surface area contributed by atoms with Gasteiger partial charge in [0.05, 0.1) is 26.4 Å². The Bertz CT molecular complexity index is 1800. The molecule has 3 N–H and O–H groups in total. The molecule has 0 fully saturated rings. The van der Waals surface area contributed by atoms with Crippen molar-refractivity contribution in [2.75, 3.05) is 39.6 Å². The smallest absolute Gasteiger partial charge is 0.462 e. The maximum absolute atomic E-state index is 13.0. The lowest BCUT2D eigenvalue weighted by molar-refractivity contribution is -0.161. The van der Waals surface area contributed by atoms with Gasteiger partial charge in [0.1, 0.15) is 19.3 Å². The average Bonchev–Trinajstić information content (AvgIpc) is 1.52. The molecule has 0 heterocycles. The van der Waals surface area contributed by atoms with E-state index in [2.05, 4.69) is 48.5 Å². The first-order chi connectivity index (χ1) is 44.3. The number of hydrogen-bond acceptors (Lipinski definition) is 15. The minimum atomic E-state index is -4.95. The van der Waals surface area contributed by atoms with E-state index >= 15 is 0 Å². The normalized spacial score (nSPS) is 14.4. The van der Waals surface area contributed by atoms with Crippen LogP contribution in [0.15, 0.2) is 0 Å². The Balaban J connectivity index is 5.16. The van der Waals surface area contributed by atoms with Crippen molar-refractivity contribution in [3.05, 3.63) is 0 Å². The number of hydrogen-bond donors (Lipinski definition) is 3. The molecule has 0 aromatic carbocycles. The quantitative estimate of drug-likeness (QED) is 0.0222. The number of phosphoric acid groups is 2. The van der Waals surface area contributed by atoms with Crippen molar-refractivity contribution in [1.29, 1.82) is 0 Å². The molecular weight excluding hydrogens is 1210 g/mol. The highest BCUT2D eigenvalue weighted by molar-refractivity contribution is 7.47. The van der Waals surface area contributed by atoms with Gasteiger partial charge in [0.15, 0.2) is 12.2 Å². The molecule has 0 saturated carbocycles. The molecule has 0 rings (SSSR count). The summed E-state index contributed by atoms with van der Waals surface area (Å²) < 4.78 is 68.3. The Labute approximate surface area is 562 Å². The summed E-state index contributed by atoms with van der Waals surface area (Å²) in [5, 5.41) is 10.6. The molecule has 0 aromatic heterocycles.